The smallest absolute Gasteiger partial charge is 0.292 e. The van der Waals surface area contributed by atoms with Gasteiger partial charge in [0.2, 0.25) is 0 Å². The topological polar surface area (TPSA) is 106 Å². The van der Waals surface area contributed by atoms with Crippen LogP contribution in [0.15, 0.2) is 52.4 Å². The van der Waals surface area contributed by atoms with Crippen LogP contribution in [0.2, 0.25) is 0 Å². The van der Waals surface area contributed by atoms with Crippen molar-refractivity contribution < 1.29 is 14.6 Å². The summed E-state index contributed by atoms with van der Waals surface area (Å²) in [6.45, 7) is 3.63. The predicted molar refractivity (Wildman–Crippen MR) is 106 cm³/mol. The molecule has 0 unspecified atom stereocenters. The van der Waals surface area contributed by atoms with Gasteiger partial charge < -0.3 is 9.84 Å². The van der Waals surface area contributed by atoms with Gasteiger partial charge in [0, 0.05) is 10.9 Å². The molecule has 1 heterocycles. The van der Waals surface area contributed by atoms with Crippen LogP contribution in [0.3, 0.4) is 0 Å². The van der Waals surface area contributed by atoms with Gasteiger partial charge in [-0.2, -0.15) is 10.2 Å². The maximum absolute atomic E-state index is 12.7. The van der Waals surface area contributed by atoms with E-state index in [1.165, 1.54) is 18.0 Å². The quantitative estimate of drug-likeness (QED) is 0.522. The number of benzene rings is 2. The van der Waals surface area contributed by atoms with Crippen LogP contribution in [0.25, 0.3) is 10.8 Å². The minimum atomic E-state index is -0.566. The van der Waals surface area contributed by atoms with Crippen LogP contribution < -0.4 is 15.7 Å². The van der Waals surface area contributed by atoms with Gasteiger partial charge in [-0.3, -0.25) is 9.59 Å². The molecule has 0 aliphatic rings. The zero-order valence-corrected chi connectivity index (χ0v) is 15.7. The SMILES string of the molecule is COc1cccc(/C=N/NC(=O)c2nn(C(C)C)c(=O)c3ccccc23)c1O. The van der Waals surface area contributed by atoms with E-state index in [0.29, 0.717) is 22.1 Å². The number of amides is 1. The van der Waals surface area contributed by atoms with Crippen molar-refractivity contribution in [2.45, 2.75) is 19.9 Å². The second kappa shape index (κ2) is 7.91. The van der Waals surface area contributed by atoms with Crippen LogP contribution in [-0.2, 0) is 0 Å². The summed E-state index contributed by atoms with van der Waals surface area (Å²) in [4.78, 5) is 25.2. The standard InChI is InChI=1S/C20H20N4O4/c1-12(2)24-20(27)15-9-5-4-8-14(15)17(23-24)19(26)22-21-11-13-7-6-10-16(28-3)18(13)25/h4-12,25H,1-3H3,(H,22,26)/b21-11+. The summed E-state index contributed by atoms with van der Waals surface area (Å²) in [6.07, 6.45) is 1.30. The van der Waals surface area contributed by atoms with Crippen LogP contribution in [0.5, 0.6) is 11.5 Å². The monoisotopic (exact) mass is 380 g/mol. The van der Waals surface area contributed by atoms with Gasteiger partial charge in [-0.15, -0.1) is 0 Å². The first kappa shape index (κ1) is 19.1. The summed E-state index contributed by atoms with van der Waals surface area (Å²) in [5.74, 6) is -0.351. The molecule has 0 spiro atoms. The van der Waals surface area contributed by atoms with Gasteiger partial charge in [0.05, 0.1) is 24.8 Å². The van der Waals surface area contributed by atoms with E-state index in [4.69, 9.17) is 4.74 Å². The molecule has 2 N–H and O–H groups in total. The predicted octanol–water partition coefficient (Wildman–Crippen LogP) is 2.46. The normalized spacial score (nSPS) is 11.3. The van der Waals surface area contributed by atoms with Crippen molar-refractivity contribution in [2.75, 3.05) is 7.11 Å². The first-order valence-corrected chi connectivity index (χ1v) is 8.65. The Morgan fingerprint density at radius 1 is 1.21 bits per heavy atom. The van der Waals surface area contributed by atoms with Crippen LogP contribution in [0.4, 0.5) is 0 Å². The number of ether oxygens (including phenoxy) is 1. The Morgan fingerprint density at radius 3 is 2.61 bits per heavy atom. The first-order valence-electron chi connectivity index (χ1n) is 8.65. The van der Waals surface area contributed by atoms with E-state index >= 15 is 0 Å². The highest BCUT2D eigenvalue weighted by atomic mass is 16.5. The average molecular weight is 380 g/mol. The van der Waals surface area contributed by atoms with Crippen molar-refractivity contribution in [3.63, 3.8) is 0 Å². The van der Waals surface area contributed by atoms with Crippen molar-refractivity contribution in [1.82, 2.24) is 15.2 Å². The Labute approximate surface area is 161 Å². The van der Waals surface area contributed by atoms with Crippen LogP contribution in [0, 0.1) is 0 Å². The number of hydrogen-bond acceptors (Lipinski definition) is 6. The number of hydrazone groups is 1. The van der Waals surface area contributed by atoms with Gasteiger partial charge in [-0.1, -0.05) is 24.3 Å². The summed E-state index contributed by atoms with van der Waals surface area (Å²) >= 11 is 0. The lowest BCUT2D eigenvalue weighted by Gasteiger charge is -2.12. The van der Waals surface area contributed by atoms with E-state index < -0.39 is 5.91 Å². The number of carbonyl (C=O) groups is 1. The minimum absolute atomic E-state index is 0.0834. The summed E-state index contributed by atoms with van der Waals surface area (Å²) in [5, 5.41) is 19.0. The molecule has 0 aliphatic heterocycles. The Hall–Kier alpha value is -3.68. The van der Waals surface area contributed by atoms with Crippen molar-refractivity contribution in [3.8, 4) is 11.5 Å². The molecule has 3 rings (SSSR count). The first-order chi connectivity index (χ1) is 13.4. The van der Waals surface area contributed by atoms with Gasteiger partial charge in [-0.05, 0) is 32.0 Å². The molecule has 2 aromatic carbocycles. The number of rotatable bonds is 5. The fraction of sp³-hybridized carbons (Fsp3) is 0.200. The average Bonchev–Trinajstić information content (AvgIpc) is 2.69. The molecule has 0 radical (unpaired) electrons. The van der Waals surface area contributed by atoms with Gasteiger partial charge in [0.25, 0.3) is 11.5 Å². The number of methoxy groups -OCH3 is 1. The molecule has 8 nitrogen and oxygen atoms in total. The number of nitrogens with zero attached hydrogens (tertiary/aromatic N) is 3. The van der Waals surface area contributed by atoms with E-state index in [9.17, 15) is 14.7 Å². The summed E-state index contributed by atoms with van der Waals surface area (Å²) < 4.78 is 6.31. The van der Waals surface area contributed by atoms with Crippen molar-refractivity contribution in [3.05, 3.63) is 64.1 Å². The highest BCUT2D eigenvalue weighted by Gasteiger charge is 2.17. The molecule has 1 amide bonds. The molecule has 0 saturated heterocycles. The highest BCUT2D eigenvalue weighted by Crippen LogP contribution is 2.27. The second-order valence-electron chi connectivity index (χ2n) is 6.33. The van der Waals surface area contributed by atoms with Crippen molar-refractivity contribution >= 4 is 22.9 Å². The number of nitrogens with one attached hydrogen (secondary N) is 1. The lowest BCUT2D eigenvalue weighted by atomic mass is 10.1. The lowest BCUT2D eigenvalue weighted by molar-refractivity contribution is 0.0949. The molecule has 0 bridgehead atoms. The van der Waals surface area contributed by atoms with Gasteiger partial charge in [-0.25, -0.2) is 10.1 Å². The van der Waals surface area contributed by atoms with Crippen molar-refractivity contribution in [2.24, 2.45) is 5.10 Å². The summed E-state index contributed by atoms with van der Waals surface area (Å²) in [6, 6.07) is 11.5. The fourth-order valence-corrected chi connectivity index (χ4v) is 2.75. The molecular weight excluding hydrogens is 360 g/mol. The molecular formula is C20H20N4O4. The third-order valence-corrected chi connectivity index (χ3v) is 4.15. The Bertz CT molecular complexity index is 1120. The number of hydrogen-bond donors (Lipinski definition) is 2. The minimum Gasteiger partial charge on any atom is -0.504 e. The lowest BCUT2D eigenvalue weighted by Crippen LogP contribution is -2.30. The molecule has 1 aromatic heterocycles. The fourth-order valence-electron chi connectivity index (χ4n) is 2.75. The number of para-hydroxylation sites is 1. The number of fused-ring (bicyclic) bond motifs is 1. The van der Waals surface area contributed by atoms with Crippen molar-refractivity contribution in [1.29, 1.82) is 0 Å². The molecule has 3 aromatic rings. The summed E-state index contributed by atoms with van der Waals surface area (Å²) in [5.41, 5.74) is 2.61. The molecule has 28 heavy (non-hydrogen) atoms. The van der Waals surface area contributed by atoms with Crippen LogP contribution >= 0.6 is 0 Å². The maximum atomic E-state index is 12.7. The zero-order chi connectivity index (χ0) is 20.3. The number of phenols is 1. The van der Waals surface area contributed by atoms with Crippen LogP contribution in [0.1, 0.15) is 35.9 Å². The van der Waals surface area contributed by atoms with Gasteiger partial charge >= 0.3 is 0 Å². The molecule has 0 fully saturated rings. The number of carbonyl (C=O) groups excluding carboxylic acids is 1. The van der Waals surface area contributed by atoms with E-state index in [1.807, 2.05) is 13.8 Å². The Morgan fingerprint density at radius 2 is 1.93 bits per heavy atom. The second-order valence-corrected chi connectivity index (χ2v) is 6.33. The third kappa shape index (κ3) is 3.57. The molecule has 0 atom stereocenters. The maximum Gasteiger partial charge on any atom is 0.292 e. The van der Waals surface area contributed by atoms with E-state index in [0.717, 1.165) is 0 Å². The van der Waals surface area contributed by atoms with E-state index in [1.54, 1.807) is 42.5 Å². The number of aromatic hydroxyl groups is 1. The van der Waals surface area contributed by atoms with Gasteiger partial charge in [0.1, 0.15) is 0 Å². The number of phenolic OH excluding ortho intramolecular Hbond substituents is 1. The van der Waals surface area contributed by atoms with E-state index in [-0.39, 0.29) is 23.0 Å². The molecule has 144 valence electrons. The third-order valence-electron chi connectivity index (χ3n) is 4.15. The molecule has 0 aliphatic carbocycles. The largest absolute Gasteiger partial charge is 0.504 e. The highest BCUT2D eigenvalue weighted by molar-refractivity contribution is 6.05. The Kier molecular flexibility index (Phi) is 5.39. The van der Waals surface area contributed by atoms with Gasteiger partial charge in [0.15, 0.2) is 17.2 Å². The summed E-state index contributed by atoms with van der Waals surface area (Å²) in [7, 11) is 1.44. The zero-order valence-electron chi connectivity index (χ0n) is 15.7. The van der Waals surface area contributed by atoms with Crippen LogP contribution in [-0.4, -0.2) is 34.1 Å². The molecule has 0 saturated carbocycles. The number of aromatic nitrogens is 2. The van der Waals surface area contributed by atoms with E-state index in [2.05, 4.69) is 15.6 Å². The molecule has 8 heteroatoms. The Balaban J connectivity index is 1.94.